The Hall–Kier alpha value is -1.31. The van der Waals surface area contributed by atoms with E-state index in [-0.39, 0.29) is 0 Å². The summed E-state index contributed by atoms with van der Waals surface area (Å²) >= 11 is 0. The van der Waals surface area contributed by atoms with Gasteiger partial charge in [0.25, 0.3) is 0 Å². The Bertz CT molecular complexity index is 200. The highest BCUT2D eigenvalue weighted by atomic mass is 15.0. The lowest BCUT2D eigenvalue weighted by Crippen LogP contribution is -1.77. The third-order valence-corrected chi connectivity index (χ3v) is 1.12. The molecule has 0 fully saturated rings. The first-order valence-electron chi connectivity index (χ1n) is 2.64. The lowest BCUT2D eigenvalue weighted by atomic mass is 10.6. The summed E-state index contributed by atoms with van der Waals surface area (Å²) in [6.07, 6.45) is 3.56. The molecule has 0 saturated heterocycles. The van der Waals surface area contributed by atoms with Gasteiger partial charge in [-0.3, -0.25) is 0 Å². The summed E-state index contributed by atoms with van der Waals surface area (Å²) in [5, 5.41) is 0. The molecule has 0 N–H and O–H groups in total. The number of aliphatic imine (C=N–C) groups is 1. The van der Waals surface area contributed by atoms with Gasteiger partial charge in [-0.1, -0.05) is 6.58 Å². The second-order valence-corrected chi connectivity index (χ2v) is 1.61. The molecule has 0 aliphatic rings. The molecule has 0 atom stereocenters. The normalized spacial score (nSPS) is 8.89. The third kappa shape index (κ3) is 0.914. The van der Waals surface area contributed by atoms with Gasteiger partial charge in [-0.25, -0.2) is 4.99 Å². The van der Waals surface area contributed by atoms with Gasteiger partial charge in [0.05, 0.1) is 0 Å². The van der Waals surface area contributed by atoms with Gasteiger partial charge in [0.15, 0.2) is 0 Å². The molecule has 2 heteroatoms. The molecule has 0 radical (unpaired) electrons. The van der Waals surface area contributed by atoms with E-state index in [1.807, 2.05) is 18.3 Å². The maximum atomic E-state index is 3.74. The molecule has 0 amide bonds. The maximum Gasteiger partial charge on any atom is 0.135 e. The van der Waals surface area contributed by atoms with Gasteiger partial charge in [0, 0.05) is 12.4 Å². The molecule has 1 aromatic heterocycles. The number of hydrogen-bond acceptors (Lipinski definition) is 1. The van der Waals surface area contributed by atoms with E-state index in [0.717, 1.165) is 5.82 Å². The number of nitrogens with zero attached hydrogens (tertiary/aromatic N) is 2. The van der Waals surface area contributed by atoms with Crippen LogP contribution >= 0.6 is 0 Å². The molecule has 0 aliphatic heterocycles. The van der Waals surface area contributed by atoms with Gasteiger partial charge in [0.1, 0.15) is 5.82 Å². The van der Waals surface area contributed by atoms with E-state index in [9.17, 15) is 0 Å². The van der Waals surface area contributed by atoms with Crippen molar-refractivity contribution >= 4 is 18.7 Å². The van der Waals surface area contributed by atoms with Crippen LogP contribution in [0, 0.1) is 0 Å². The van der Waals surface area contributed by atoms with Crippen LogP contribution in [-0.2, 0) is 0 Å². The molecule has 0 aliphatic carbocycles. The Kier molecular flexibility index (Phi) is 1.49. The molecular weight excluding hydrogens is 112 g/mol. The maximum absolute atomic E-state index is 3.74. The predicted molar refractivity (Wildman–Crippen MR) is 40.0 cm³/mol. The first kappa shape index (κ1) is 5.82. The van der Waals surface area contributed by atoms with Crippen molar-refractivity contribution in [3.63, 3.8) is 0 Å². The zero-order chi connectivity index (χ0) is 6.69. The molecule has 0 saturated carbocycles. The van der Waals surface area contributed by atoms with Crippen LogP contribution in [0.4, 0.5) is 5.82 Å². The van der Waals surface area contributed by atoms with Crippen molar-refractivity contribution in [1.82, 2.24) is 4.57 Å². The Morgan fingerprint density at radius 1 is 1.67 bits per heavy atom. The quantitative estimate of drug-likeness (QED) is 0.530. The Morgan fingerprint density at radius 3 is 2.89 bits per heavy atom. The van der Waals surface area contributed by atoms with Crippen LogP contribution in [0.25, 0.3) is 6.20 Å². The van der Waals surface area contributed by atoms with E-state index in [2.05, 4.69) is 18.3 Å². The van der Waals surface area contributed by atoms with E-state index in [1.165, 1.54) is 0 Å². The van der Waals surface area contributed by atoms with Crippen LogP contribution in [0.5, 0.6) is 0 Å². The van der Waals surface area contributed by atoms with Crippen LogP contribution in [-0.4, -0.2) is 11.3 Å². The number of hydrogen-bond donors (Lipinski definition) is 0. The van der Waals surface area contributed by atoms with Crippen molar-refractivity contribution in [1.29, 1.82) is 0 Å². The van der Waals surface area contributed by atoms with Crippen molar-refractivity contribution < 1.29 is 0 Å². The minimum absolute atomic E-state index is 0.824. The summed E-state index contributed by atoms with van der Waals surface area (Å²) in [6.45, 7) is 6.98. The summed E-state index contributed by atoms with van der Waals surface area (Å²) in [6, 6.07) is 3.76. The first-order chi connectivity index (χ1) is 4.38. The highest BCUT2D eigenvalue weighted by Gasteiger charge is 1.89. The van der Waals surface area contributed by atoms with E-state index < -0.39 is 0 Å². The van der Waals surface area contributed by atoms with Gasteiger partial charge < -0.3 is 4.57 Å². The molecule has 9 heavy (non-hydrogen) atoms. The zero-order valence-corrected chi connectivity index (χ0v) is 5.12. The third-order valence-electron chi connectivity index (χ3n) is 1.12. The lowest BCUT2D eigenvalue weighted by Gasteiger charge is -1.92. The molecule has 0 aromatic carbocycles. The fraction of sp³-hybridized carbons (Fsp3) is 0. The van der Waals surface area contributed by atoms with Crippen LogP contribution < -0.4 is 0 Å². The SMILES string of the molecule is C=Cn1cccc1N=C. The molecule has 0 spiro atoms. The van der Waals surface area contributed by atoms with Crippen LogP contribution in [0.2, 0.25) is 0 Å². The summed E-state index contributed by atoms with van der Waals surface area (Å²) in [5.74, 6) is 0.824. The van der Waals surface area contributed by atoms with Crippen molar-refractivity contribution in [2.45, 2.75) is 0 Å². The van der Waals surface area contributed by atoms with Crippen molar-refractivity contribution in [3.05, 3.63) is 24.9 Å². The molecular formula is C7H8N2. The highest BCUT2D eigenvalue weighted by Crippen LogP contribution is 2.10. The zero-order valence-electron chi connectivity index (χ0n) is 5.12. The summed E-state index contributed by atoms with van der Waals surface area (Å²) in [7, 11) is 0. The fourth-order valence-corrected chi connectivity index (χ4v) is 0.673. The number of aromatic nitrogens is 1. The molecule has 1 rings (SSSR count). The standard InChI is InChI=1S/C7H8N2/c1-3-9-6-4-5-7(9)8-2/h3-6H,1-2H2. The predicted octanol–water partition coefficient (Wildman–Crippen LogP) is 1.92. The van der Waals surface area contributed by atoms with E-state index in [0.29, 0.717) is 0 Å². The Balaban J connectivity index is 3.12. The van der Waals surface area contributed by atoms with Gasteiger partial charge in [-0.15, -0.1) is 0 Å². The Morgan fingerprint density at radius 2 is 2.44 bits per heavy atom. The smallest absolute Gasteiger partial charge is 0.135 e. The summed E-state index contributed by atoms with van der Waals surface area (Å²) in [4.78, 5) is 3.74. The van der Waals surface area contributed by atoms with E-state index in [1.54, 1.807) is 10.8 Å². The minimum Gasteiger partial charge on any atom is -0.309 e. The van der Waals surface area contributed by atoms with E-state index >= 15 is 0 Å². The number of rotatable bonds is 2. The van der Waals surface area contributed by atoms with Crippen molar-refractivity contribution in [2.24, 2.45) is 4.99 Å². The molecule has 2 nitrogen and oxygen atoms in total. The fourth-order valence-electron chi connectivity index (χ4n) is 0.673. The van der Waals surface area contributed by atoms with Gasteiger partial charge in [-0.2, -0.15) is 0 Å². The average molecular weight is 120 g/mol. The molecule has 1 aromatic rings. The summed E-state index contributed by atoms with van der Waals surface area (Å²) < 4.78 is 1.80. The minimum atomic E-state index is 0.824. The van der Waals surface area contributed by atoms with Gasteiger partial charge in [-0.05, 0) is 18.9 Å². The Labute approximate surface area is 54.2 Å². The van der Waals surface area contributed by atoms with Crippen LogP contribution in [0.3, 0.4) is 0 Å². The second kappa shape index (κ2) is 2.31. The van der Waals surface area contributed by atoms with Gasteiger partial charge in [0.2, 0.25) is 0 Å². The van der Waals surface area contributed by atoms with E-state index in [4.69, 9.17) is 0 Å². The van der Waals surface area contributed by atoms with Crippen molar-refractivity contribution in [3.8, 4) is 0 Å². The molecule has 1 heterocycles. The average Bonchev–Trinajstić information content (AvgIpc) is 2.33. The molecule has 0 unspecified atom stereocenters. The highest BCUT2D eigenvalue weighted by molar-refractivity contribution is 5.45. The molecule has 46 valence electrons. The monoisotopic (exact) mass is 120 g/mol. The molecule has 0 bridgehead atoms. The summed E-state index contributed by atoms with van der Waals surface area (Å²) in [5.41, 5.74) is 0. The van der Waals surface area contributed by atoms with Crippen LogP contribution in [0.15, 0.2) is 29.9 Å². The topological polar surface area (TPSA) is 17.3 Å². The second-order valence-electron chi connectivity index (χ2n) is 1.61. The van der Waals surface area contributed by atoms with Gasteiger partial charge >= 0.3 is 0 Å². The van der Waals surface area contributed by atoms with Crippen molar-refractivity contribution in [2.75, 3.05) is 0 Å². The lowest BCUT2D eigenvalue weighted by molar-refractivity contribution is 1.16. The first-order valence-corrected chi connectivity index (χ1v) is 2.64. The largest absolute Gasteiger partial charge is 0.309 e. The van der Waals surface area contributed by atoms with Crippen LogP contribution in [0.1, 0.15) is 0 Å².